The van der Waals surface area contributed by atoms with E-state index in [0.29, 0.717) is 36.4 Å². The second-order valence-corrected chi connectivity index (χ2v) is 11.4. The number of nitriles is 1. The topological polar surface area (TPSA) is 155 Å². The molecule has 43 heavy (non-hydrogen) atoms. The maximum atomic E-state index is 12.0. The van der Waals surface area contributed by atoms with Gasteiger partial charge in [0, 0.05) is 51.4 Å². The standard InChI is InChI=1S/C31H42N8O4/c1-3-4-15-43-31-35-28(33)25-17-24(18-32)39(29(25)36-31)20-23-6-5-21(16-26(23)42-2)19-38-13-11-37(12-14-38)10-9-34-30(41)27(40)22-7-8-22/h5-6,16-17,22,27,40H,3-4,7-15,19-20H2,1-2H3,(H,34,41)(H2,33,35,36)/t27-/m1/s1. The van der Waals surface area contributed by atoms with Crippen LogP contribution < -0.4 is 20.5 Å². The van der Waals surface area contributed by atoms with Crippen LogP contribution in [0.4, 0.5) is 5.82 Å². The van der Waals surface area contributed by atoms with E-state index in [1.165, 1.54) is 0 Å². The van der Waals surface area contributed by atoms with Crippen molar-refractivity contribution in [3.8, 4) is 17.8 Å². The van der Waals surface area contributed by atoms with Gasteiger partial charge in [0.25, 0.3) is 0 Å². The highest BCUT2D eigenvalue weighted by atomic mass is 16.5. The van der Waals surface area contributed by atoms with Crippen LogP contribution in [-0.4, -0.2) is 94.4 Å². The first-order chi connectivity index (χ1) is 20.9. The number of hydrogen-bond donors (Lipinski definition) is 3. The molecule has 5 rings (SSSR count). The Labute approximate surface area is 252 Å². The minimum Gasteiger partial charge on any atom is -0.496 e. The van der Waals surface area contributed by atoms with Gasteiger partial charge in [-0.3, -0.25) is 14.6 Å². The number of ether oxygens (including phenoxy) is 2. The van der Waals surface area contributed by atoms with Crippen molar-refractivity contribution in [1.82, 2.24) is 29.7 Å². The number of nitrogens with one attached hydrogen (secondary N) is 1. The van der Waals surface area contributed by atoms with E-state index >= 15 is 0 Å². The number of rotatable bonds is 14. The van der Waals surface area contributed by atoms with Gasteiger partial charge in [-0.2, -0.15) is 15.2 Å². The Morgan fingerprint density at radius 2 is 1.95 bits per heavy atom. The normalized spacial score (nSPS) is 16.6. The van der Waals surface area contributed by atoms with Gasteiger partial charge in [-0.1, -0.05) is 25.5 Å². The smallest absolute Gasteiger partial charge is 0.320 e. The van der Waals surface area contributed by atoms with Crippen LogP contribution in [0.5, 0.6) is 11.8 Å². The zero-order chi connectivity index (χ0) is 30.3. The number of anilines is 1. The molecular formula is C31H42N8O4. The summed E-state index contributed by atoms with van der Waals surface area (Å²) in [7, 11) is 1.66. The number of nitrogens with zero attached hydrogens (tertiary/aromatic N) is 6. The van der Waals surface area contributed by atoms with Crippen LogP contribution in [0.2, 0.25) is 0 Å². The van der Waals surface area contributed by atoms with E-state index in [-0.39, 0.29) is 23.7 Å². The third-order valence-electron chi connectivity index (χ3n) is 8.22. The summed E-state index contributed by atoms with van der Waals surface area (Å²) in [5, 5.41) is 23.3. The summed E-state index contributed by atoms with van der Waals surface area (Å²) in [6.45, 7) is 8.79. The van der Waals surface area contributed by atoms with E-state index in [4.69, 9.17) is 15.2 Å². The third kappa shape index (κ3) is 7.54. The quantitative estimate of drug-likeness (QED) is 0.238. The van der Waals surface area contributed by atoms with Crippen molar-refractivity contribution in [2.45, 2.75) is 51.8 Å². The lowest BCUT2D eigenvalue weighted by molar-refractivity contribution is -0.130. The van der Waals surface area contributed by atoms with E-state index in [9.17, 15) is 15.2 Å². The summed E-state index contributed by atoms with van der Waals surface area (Å²) in [5.41, 5.74) is 9.27. The fourth-order valence-electron chi connectivity index (χ4n) is 5.44. The highest BCUT2D eigenvalue weighted by molar-refractivity contribution is 5.88. The first-order valence-electron chi connectivity index (χ1n) is 15.2. The zero-order valence-electron chi connectivity index (χ0n) is 25.1. The number of carbonyl (C=O) groups is 1. The van der Waals surface area contributed by atoms with Crippen molar-refractivity contribution in [2.24, 2.45) is 5.92 Å². The monoisotopic (exact) mass is 590 g/mol. The van der Waals surface area contributed by atoms with Gasteiger partial charge in [-0.15, -0.1) is 0 Å². The van der Waals surface area contributed by atoms with Crippen LogP contribution in [-0.2, 0) is 17.9 Å². The molecule has 3 heterocycles. The number of unbranched alkanes of at least 4 members (excludes halogenated alkanes) is 1. The second-order valence-electron chi connectivity index (χ2n) is 11.4. The van der Waals surface area contributed by atoms with Gasteiger partial charge in [-0.25, -0.2) is 0 Å². The summed E-state index contributed by atoms with van der Waals surface area (Å²) >= 11 is 0. The summed E-state index contributed by atoms with van der Waals surface area (Å²) in [6.07, 6.45) is 2.91. The van der Waals surface area contributed by atoms with Crippen LogP contribution in [0, 0.1) is 17.2 Å². The number of piperazine rings is 1. The molecule has 1 saturated heterocycles. The molecule has 1 saturated carbocycles. The lowest BCUT2D eigenvalue weighted by Crippen LogP contribution is -2.48. The van der Waals surface area contributed by atoms with Gasteiger partial charge in [0.2, 0.25) is 5.91 Å². The van der Waals surface area contributed by atoms with Crippen LogP contribution >= 0.6 is 0 Å². The molecule has 3 aromatic rings. The van der Waals surface area contributed by atoms with Gasteiger partial charge in [0.15, 0.2) is 5.65 Å². The van der Waals surface area contributed by atoms with Crippen molar-refractivity contribution in [1.29, 1.82) is 5.26 Å². The predicted octanol–water partition coefficient (Wildman–Crippen LogP) is 2.13. The largest absolute Gasteiger partial charge is 0.496 e. The Balaban J connectivity index is 1.19. The average Bonchev–Trinajstić information content (AvgIpc) is 3.80. The second kappa shape index (κ2) is 14.0. The lowest BCUT2D eigenvalue weighted by Gasteiger charge is -2.34. The average molecular weight is 591 g/mol. The predicted molar refractivity (Wildman–Crippen MR) is 163 cm³/mol. The molecule has 0 radical (unpaired) electrons. The van der Waals surface area contributed by atoms with E-state index in [0.717, 1.165) is 81.8 Å². The fraction of sp³-hybridized carbons (Fsp3) is 0.548. The molecule has 1 amide bonds. The third-order valence-corrected chi connectivity index (χ3v) is 8.22. The summed E-state index contributed by atoms with van der Waals surface area (Å²) < 4.78 is 13.3. The van der Waals surface area contributed by atoms with Crippen LogP contribution in [0.25, 0.3) is 11.0 Å². The number of nitrogen functional groups attached to an aromatic ring is 1. The van der Waals surface area contributed by atoms with Crippen molar-refractivity contribution in [3.63, 3.8) is 0 Å². The van der Waals surface area contributed by atoms with Crippen LogP contribution in [0.15, 0.2) is 24.3 Å². The van der Waals surface area contributed by atoms with Gasteiger partial charge in [-0.05, 0) is 42.9 Å². The Morgan fingerprint density at radius 1 is 1.19 bits per heavy atom. The molecule has 1 aliphatic carbocycles. The van der Waals surface area contributed by atoms with E-state index < -0.39 is 6.10 Å². The summed E-state index contributed by atoms with van der Waals surface area (Å²) in [5.74, 6) is 0.932. The molecule has 2 aromatic heterocycles. The molecule has 12 nitrogen and oxygen atoms in total. The van der Waals surface area contributed by atoms with Gasteiger partial charge < -0.3 is 30.2 Å². The molecule has 1 aliphatic heterocycles. The Morgan fingerprint density at radius 3 is 2.65 bits per heavy atom. The van der Waals surface area contributed by atoms with Crippen molar-refractivity contribution in [3.05, 3.63) is 41.1 Å². The molecule has 4 N–H and O–H groups in total. The van der Waals surface area contributed by atoms with Crippen LogP contribution in [0.1, 0.15) is 49.4 Å². The van der Waals surface area contributed by atoms with Gasteiger partial charge >= 0.3 is 6.01 Å². The fourth-order valence-corrected chi connectivity index (χ4v) is 5.44. The van der Waals surface area contributed by atoms with E-state index in [2.05, 4.69) is 50.2 Å². The molecule has 12 heteroatoms. The molecule has 0 spiro atoms. The molecule has 230 valence electrons. The SMILES string of the molecule is CCCCOc1nc(N)c2cc(C#N)n(Cc3ccc(CN4CCN(CCNC(=O)[C@H](O)C5CC5)CC4)cc3OC)c2n1. The lowest BCUT2D eigenvalue weighted by atomic mass is 10.1. The minimum atomic E-state index is -0.855. The molecular weight excluding hydrogens is 548 g/mol. The molecule has 0 bridgehead atoms. The Hall–Kier alpha value is -3.92. The number of methoxy groups -OCH3 is 1. The highest BCUT2D eigenvalue weighted by Crippen LogP contribution is 2.32. The number of hydrogen-bond acceptors (Lipinski definition) is 10. The minimum absolute atomic E-state index is 0.150. The van der Waals surface area contributed by atoms with Crippen molar-refractivity contribution in [2.75, 3.05) is 58.7 Å². The number of aliphatic hydroxyl groups is 1. The number of benzene rings is 1. The number of aromatic nitrogens is 3. The number of carbonyl (C=O) groups excluding carboxylic acids is 1. The molecule has 1 atom stereocenters. The first-order valence-corrected chi connectivity index (χ1v) is 15.2. The number of aliphatic hydroxyl groups excluding tert-OH is 1. The number of fused-ring (bicyclic) bond motifs is 1. The first kappa shape index (κ1) is 30.5. The molecule has 2 fully saturated rings. The Kier molecular flexibility index (Phi) is 9.97. The van der Waals surface area contributed by atoms with Gasteiger partial charge in [0.1, 0.15) is 29.4 Å². The van der Waals surface area contributed by atoms with Crippen LogP contribution in [0.3, 0.4) is 0 Å². The Bertz CT molecular complexity index is 1460. The molecule has 0 unspecified atom stereocenters. The number of amides is 1. The molecule has 2 aliphatic rings. The summed E-state index contributed by atoms with van der Waals surface area (Å²) in [4.78, 5) is 25.6. The highest BCUT2D eigenvalue weighted by Gasteiger charge is 2.34. The van der Waals surface area contributed by atoms with E-state index in [1.807, 2.05) is 10.6 Å². The van der Waals surface area contributed by atoms with Gasteiger partial charge in [0.05, 0.1) is 25.6 Å². The maximum Gasteiger partial charge on any atom is 0.320 e. The van der Waals surface area contributed by atoms with E-state index in [1.54, 1.807) is 13.2 Å². The summed E-state index contributed by atoms with van der Waals surface area (Å²) in [6, 6.07) is 10.4. The van der Waals surface area contributed by atoms with Crippen molar-refractivity contribution < 1.29 is 19.4 Å². The zero-order valence-corrected chi connectivity index (χ0v) is 25.1. The molecule has 1 aromatic carbocycles. The van der Waals surface area contributed by atoms with Crippen molar-refractivity contribution >= 4 is 22.8 Å². The maximum absolute atomic E-state index is 12.0. The number of nitrogens with two attached hydrogens (primary N) is 1.